The first kappa shape index (κ1) is 46.1. The fourth-order valence-electron chi connectivity index (χ4n) is 8.88. The first-order valence-corrected chi connectivity index (χ1v) is 20.9. The Morgan fingerprint density at radius 1 is 0.667 bits per heavy atom. The van der Waals surface area contributed by atoms with Crippen LogP contribution in [0.2, 0.25) is 10.0 Å². The van der Waals surface area contributed by atoms with E-state index in [9.17, 15) is 36.6 Å². The SMILES string of the molecule is CC(C)(CC(O)(Cc1cc2cc(N)ncc2[nH]1)C(F)(F)F)c1cc(Cl)cc2c1OCC2.CNc1cc2cc(CC(O)(CC(C)(C)c3cc(Cl)cc4c3OCC4)C(F)(F)F)[nH]c2cn1. The molecule has 18 heteroatoms. The van der Waals surface area contributed by atoms with Gasteiger partial charge in [0.05, 0.1) is 36.6 Å². The second-order valence-corrected chi connectivity index (χ2v) is 18.7. The molecule has 2 aliphatic heterocycles. The van der Waals surface area contributed by atoms with Crippen molar-refractivity contribution in [2.45, 2.75) is 101 Å². The Kier molecular flexibility index (Phi) is 12.1. The number of nitrogens with one attached hydrogen (secondary N) is 3. The number of aromatic nitrogens is 4. The van der Waals surface area contributed by atoms with Gasteiger partial charge in [0.25, 0.3) is 0 Å². The predicted molar refractivity (Wildman–Crippen MR) is 232 cm³/mol. The van der Waals surface area contributed by atoms with Crippen molar-refractivity contribution >= 4 is 56.6 Å². The molecule has 0 radical (unpaired) electrons. The smallest absolute Gasteiger partial charge is 0.417 e. The van der Waals surface area contributed by atoms with Crippen LogP contribution >= 0.6 is 23.2 Å². The van der Waals surface area contributed by atoms with Gasteiger partial charge in [-0.1, -0.05) is 50.9 Å². The lowest BCUT2D eigenvalue weighted by Crippen LogP contribution is -2.51. The lowest BCUT2D eigenvalue weighted by molar-refractivity contribution is -0.266. The van der Waals surface area contributed by atoms with Crippen molar-refractivity contribution in [2.24, 2.45) is 0 Å². The molecule has 0 aliphatic carbocycles. The lowest BCUT2D eigenvalue weighted by atomic mass is 9.73. The highest BCUT2D eigenvalue weighted by Gasteiger charge is 2.57. The summed E-state index contributed by atoms with van der Waals surface area (Å²) in [6, 6.07) is 13.3. The summed E-state index contributed by atoms with van der Waals surface area (Å²) in [6.45, 7) is 7.58. The van der Waals surface area contributed by atoms with Crippen LogP contribution in [0.15, 0.2) is 60.9 Å². The van der Waals surface area contributed by atoms with Crippen LogP contribution in [0, 0.1) is 0 Å². The summed E-state index contributed by atoms with van der Waals surface area (Å²) in [5, 5.41) is 27.0. The number of aromatic amines is 2. The zero-order valence-corrected chi connectivity index (χ0v) is 36.6. The fraction of sp³-hybridized carbons (Fsp3) is 0.422. The van der Waals surface area contributed by atoms with Crippen molar-refractivity contribution in [3.05, 3.63) is 105 Å². The maximum Gasteiger partial charge on any atom is 0.417 e. The molecule has 0 spiro atoms. The van der Waals surface area contributed by atoms with Gasteiger partial charge in [-0.05, 0) is 83.3 Å². The summed E-state index contributed by atoms with van der Waals surface area (Å²) >= 11 is 12.5. The molecule has 0 saturated heterocycles. The standard InChI is InChI=1S/C23H25ClF3N3O2.C22H23ClF3N3O2/c1-21(2,17-9-15(24)6-13-4-5-32-20(13)17)12-22(31,23(25,26)27)10-16-7-14-8-19(28-3)29-11-18(14)30-16;1-20(2,16-8-14(23)5-12-3-4-31-19(12)16)11-21(30,22(24,25)26)9-15-6-13-7-18(27)28-10-17(13)29-15/h6-9,11,30-31H,4-5,10,12H2,1-3H3,(H,28,29);5-8,10,29-30H,3-4,9,11H2,1-2H3,(H2,27,28). The molecular formula is C45H48Cl2F6N6O4. The number of pyridine rings is 2. The number of hydrogen-bond acceptors (Lipinski definition) is 8. The summed E-state index contributed by atoms with van der Waals surface area (Å²) in [7, 11) is 1.71. The number of H-pyrrole nitrogens is 2. The van der Waals surface area contributed by atoms with Gasteiger partial charge in [-0.15, -0.1) is 0 Å². The molecule has 2 aromatic carbocycles. The van der Waals surface area contributed by atoms with Gasteiger partial charge in [0.2, 0.25) is 0 Å². The van der Waals surface area contributed by atoms with E-state index in [1.165, 1.54) is 6.20 Å². The second kappa shape index (κ2) is 16.6. The van der Waals surface area contributed by atoms with E-state index in [4.69, 9.17) is 38.4 Å². The molecule has 4 aromatic heterocycles. The molecule has 0 saturated carbocycles. The monoisotopic (exact) mass is 920 g/mol. The molecule has 7 N–H and O–H groups in total. The maximum atomic E-state index is 14.2. The van der Waals surface area contributed by atoms with Crippen molar-refractivity contribution in [2.75, 3.05) is 31.3 Å². The van der Waals surface area contributed by atoms with Crippen molar-refractivity contribution in [3.8, 4) is 11.5 Å². The summed E-state index contributed by atoms with van der Waals surface area (Å²) in [5.41, 5.74) is 2.12. The zero-order chi connectivity index (χ0) is 45.9. The Morgan fingerprint density at radius 2 is 1.10 bits per heavy atom. The van der Waals surface area contributed by atoms with Crippen LogP contribution in [0.3, 0.4) is 0 Å². The van der Waals surface area contributed by atoms with Crippen LogP contribution in [-0.2, 0) is 36.5 Å². The molecule has 0 amide bonds. The number of fused-ring (bicyclic) bond motifs is 4. The normalized spacial score (nSPS) is 16.1. The van der Waals surface area contributed by atoms with Crippen molar-refractivity contribution in [3.63, 3.8) is 0 Å². The number of nitrogens with two attached hydrogens (primary N) is 1. The second-order valence-electron chi connectivity index (χ2n) is 17.8. The molecule has 6 aromatic rings. The first-order chi connectivity index (χ1) is 29.3. The van der Waals surface area contributed by atoms with Gasteiger partial charge in [-0.3, -0.25) is 0 Å². The molecule has 6 heterocycles. The number of alkyl halides is 6. The predicted octanol–water partition coefficient (Wildman–Crippen LogP) is 10.3. The quantitative estimate of drug-likeness (QED) is 0.0702. The lowest BCUT2D eigenvalue weighted by Gasteiger charge is -2.38. The Labute approximate surface area is 369 Å². The minimum Gasteiger partial charge on any atom is -0.493 e. The van der Waals surface area contributed by atoms with Gasteiger partial charge in [0, 0.05) is 76.1 Å². The van der Waals surface area contributed by atoms with Crippen molar-refractivity contribution < 1.29 is 46.0 Å². The van der Waals surface area contributed by atoms with E-state index in [1.807, 2.05) is 0 Å². The van der Waals surface area contributed by atoms with Crippen LogP contribution in [0.4, 0.5) is 38.0 Å². The summed E-state index contributed by atoms with van der Waals surface area (Å²) in [6.07, 6.45) is -7.80. The van der Waals surface area contributed by atoms with E-state index in [2.05, 4.69) is 25.3 Å². The van der Waals surface area contributed by atoms with E-state index in [0.717, 1.165) is 11.1 Å². The molecule has 10 nitrogen and oxygen atoms in total. The summed E-state index contributed by atoms with van der Waals surface area (Å²) in [4.78, 5) is 14.0. The van der Waals surface area contributed by atoms with E-state index in [0.29, 0.717) is 86.4 Å². The van der Waals surface area contributed by atoms with Gasteiger partial charge in [-0.25, -0.2) is 9.97 Å². The Morgan fingerprint density at radius 3 is 1.52 bits per heavy atom. The molecule has 0 fully saturated rings. The molecule has 2 aliphatic rings. The van der Waals surface area contributed by atoms with Crippen LogP contribution in [0.1, 0.15) is 74.2 Å². The van der Waals surface area contributed by atoms with Crippen LogP contribution in [-0.4, -0.2) is 74.0 Å². The molecule has 0 bridgehead atoms. The number of ether oxygens (including phenoxy) is 2. The average Bonchev–Trinajstić information content (AvgIpc) is 3.98. The molecule has 63 heavy (non-hydrogen) atoms. The molecule has 338 valence electrons. The third kappa shape index (κ3) is 9.50. The van der Waals surface area contributed by atoms with Crippen LogP contribution in [0.25, 0.3) is 21.8 Å². The van der Waals surface area contributed by atoms with Gasteiger partial charge in [0.1, 0.15) is 23.1 Å². The number of rotatable bonds is 11. The molecule has 2 atom stereocenters. The van der Waals surface area contributed by atoms with Gasteiger partial charge < -0.3 is 40.7 Å². The highest BCUT2D eigenvalue weighted by atomic mass is 35.5. The number of anilines is 2. The number of aliphatic hydroxyl groups is 2. The van der Waals surface area contributed by atoms with E-state index < -0.39 is 60.1 Å². The highest BCUT2D eigenvalue weighted by Crippen LogP contribution is 2.49. The third-order valence-electron chi connectivity index (χ3n) is 11.8. The topological polar surface area (TPSA) is 154 Å². The van der Waals surface area contributed by atoms with Gasteiger partial charge in [-0.2, -0.15) is 26.3 Å². The van der Waals surface area contributed by atoms with E-state index >= 15 is 0 Å². The van der Waals surface area contributed by atoms with Crippen LogP contribution < -0.4 is 20.5 Å². The minimum atomic E-state index is -4.86. The summed E-state index contributed by atoms with van der Waals surface area (Å²) in [5.74, 6) is 2.00. The number of benzene rings is 2. The number of hydrogen-bond donors (Lipinski definition) is 6. The van der Waals surface area contributed by atoms with Crippen molar-refractivity contribution in [1.82, 2.24) is 19.9 Å². The zero-order valence-electron chi connectivity index (χ0n) is 35.1. The Hall–Kier alpha value is -4.90. The number of halogens is 8. The van der Waals surface area contributed by atoms with E-state index in [-0.39, 0.29) is 17.2 Å². The van der Waals surface area contributed by atoms with Crippen molar-refractivity contribution in [1.29, 1.82) is 0 Å². The Balaban J connectivity index is 0.000000189. The first-order valence-electron chi connectivity index (χ1n) is 20.2. The summed E-state index contributed by atoms with van der Waals surface area (Å²) < 4.78 is 96.5. The van der Waals surface area contributed by atoms with Crippen LogP contribution in [0.5, 0.6) is 11.5 Å². The minimum absolute atomic E-state index is 0.241. The van der Waals surface area contributed by atoms with E-state index in [1.54, 1.807) is 89.5 Å². The molecular weight excluding hydrogens is 873 g/mol. The molecule has 2 unspecified atom stereocenters. The third-order valence-corrected chi connectivity index (χ3v) is 12.3. The highest BCUT2D eigenvalue weighted by molar-refractivity contribution is 6.31. The maximum absolute atomic E-state index is 14.2. The van der Waals surface area contributed by atoms with Gasteiger partial charge >= 0.3 is 12.4 Å². The number of nitrogens with zero attached hydrogens (tertiary/aromatic N) is 2. The average molecular weight is 922 g/mol. The molecule has 8 rings (SSSR count). The van der Waals surface area contributed by atoms with Gasteiger partial charge in [0.15, 0.2) is 11.2 Å². The Bertz CT molecular complexity index is 2660. The number of nitrogen functional groups attached to an aromatic ring is 1. The fourth-order valence-corrected chi connectivity index (χ4v) is 9.36. The largest absolute Gasteiger partial charge is 0.493 e.